The van der Waals surface area contributed by atoms with E-state index in [4.69, 9.17) is 0 Å². The first-order valence-electron chi connectivity index (χ1n) is 8.33. The van der Waals surface area contributed by atoms with Crippen molar-refractivity contribution in [2.24, 2.45) is 0 Å². The van der Waals surface area contributed by atoms with E-state index in [2.05, 4.69) is 55.4 Å². The van der Waals surface area contributed by atoms with Crippen molar-refractivity contribution in [1.29, 1.82) is 0 Å². The Hall–Kier alpha value is -2.54. The predicted octanol–water partition coefficient (Wildman–Crippen LogP) is 5.39. The molecule has 2 aromatic heterocycles. The van der Waals surface area contributed by atoms with E-state index in [1.54, 1.807) is 30.6 Å². The molecule has 0 spiro atoms. The molecule has 3 rings (SSSR count). The summed E-state index contributed by atoms with van der Waals surface area (Å²) in [7, 11) is 0. The van der Waals surface area contributed by atoms with Crippen LogP contribution < -0.4 is 10.6 Å². The maximum atomic E-state index is 14.2. The first-order valence-corrected chi connectivity index (χ1v) is 9.12. The normalized spacial score (nSPS) is 11.8. The molecule has 5 nitrogen and oxygen atoms in total. The Kier molecular flexibility index (Phi) is 5.78. The van der Waals surface area contributed by atoms with Crippen LogP contribution in [0.3, 0.4) is 0 Å². The van der Waals surface area contributed by atoms with Crippen molar-refractivity contribution >= 4 is 33.4 Å². The highest BCUT2D eigenvalue weighted by molar-refractivity contribution is 9.10. The average Bonchev–Trinajstić information content (AvgIpc) is 2.64. The van der Waals surface area contributed by atoms with Gasteiger partial charge in [0.25, 0.3) is 0 Å². The Morgan fingerprint density at radius 2 is 1.88 bits per heavy atom. The molecule has 0 aliphatic rings. The summed E-state index contributed by atoms with van der Waals surface area (Å²) in [6.45, 7) is 4.14. The van der Waals surface area contributed by atoms with Crippen molar-refractivity contribution < 1.29 is 4.39 Å². The number of nitrogens with zero attached hydrogens (tertiary/aromatic N) is 3. The summed E-state index contributed by atoms with van der Waals surface area (Å²) >= 11 is 3.26. The van der Waals surface area contributed by atoms with Crippen LogP contribution in [0.5, 0.6) is 0 Å². The summed E-state index contributed by atoms with van der Waals surface area (Å²) in [5, 5.41) is 6.31. The molecular formula is C19H19BrFN5. The van der Waals surface area contributed by atoms with Crippen molar-refractivity contribution in [2.45, 2.75) is 26.3 Å². The zero-order valence-electron chi connectivity index (χ0n) is 14.5. The Bertz CT molecular complexity index is 888. The van der Waals surface area contributed by atoms with Crippen LogP contribution in [0.4, 0.5) is 21.8 Å². The van der Waals surface area contributed by atoms with Gasteiger partial charge in [-0.05, 0) is 43.7 Å². The largest absolute Gasteiger partial charge is 0.352 e. The lowest BCUT2D eigenvalue weighted by atomic mass is 10.2. The number of rotatable bonds is 6. The van der Waals surface area contributed by atoms with Crippen molar-refractivity contribution in [3.8, 4) is 11.3 Å². The summed E-state index contributed by atoms with van der Waals surface area (Å²) < 4.78 is 14.8. The summed E-state index contributed by atoms with van der Waals surface area (Å²) in [5.41, 5.74) is 1.99. The molecule has 2 heterocycles. The first-order chi connectivity index (χ1) is 12.5. The maximum absolute atomic E-state index is 14.2. The summed E-state index contributed by atoms with van der Waals surface area (Å²) in [6, 6.07) is 10.6. The van der Waals surface area contributed by atoms with Crippen LogP contribution in [0.25, 0.3) is 11.3 Å². The number of aromatic nitrogens is 3. The van der Waals surface area contributed by atoms with Crippen LogP contribution in [0, 0.1) is 5.82 Å². The number of hydrogen-bond donors (Lipinski definition) is 2. The summed E-state index contributed by atoms with van der Waals surface area (Å²) in [5.74, 6) is 0.646. The Morgan fingerprint density at radius 3 is 2.58 bits per heavy atom. The van der Waals surface area contributed by atoms with Crippen LogP contribution in [-0.2, 0) is 0 Å². The van der Waals surface area contributed by atoms with Gasteiger partial charge in [0.15, 0.2) is 0 Å². The maximum Gasteiger partial charge on any atom is 0.225 e. The van der Waals surface area contributed by atoms with E-state index in [1.165, 1.54) is 6.07 Å². The molecule has 0 aliphatic heterocycles. The lowest BCUT2D eigenvalue weighted by Gasteiger charge is -2.15. The van der Waals surface area contributed by atoms with Gasteiger partial charge in [0.1, 0.15) is 11.6 Å². The molecular weight excluding hydrogens is 397 g/mol. The fraction of sp³-hybridized carbons (Fsp3) is 0.211. The molecule has 0 fully saturated rings. The second kappa shape index (κ2) is 8.23. The van der Waals surface area contributed by atoms with Crippen molar-refractivity contribution in [2.75, 3.05) is 10.6 Å². The third-order valence-corrected chi connectivity index (χ3v) is 4.38. The van der Waals surface area contributed by atoms with Crippen LogP contribution >= 0.6 is 15.9 Å². The monoisotopic (exact) mass is 415 g/mol. The van der Waals surface area contributed by atoms with Gasteiger partial charge in [0.05, 0.1) is 11.4 Å². The summed E-state index contributed by atoms with van der Waals surface area (Å²) in [4.78, 5) is 13.1. The van der Waals surface area contributed by atoms with Crippen LogP contribution in [0.2, 0.25) is 0 Å². The Morgan fingerprint density at radius 1 is 1.12 bits per heavy atom. The highest BCUT2D eigenvalue weighted by atomic mass is 79.9. The lowest BCUT2D eigenvalue weighted by Crippen LogP contribution is -2.16. The molecule has 0 saturated heterocycles. The molecule has 0 aliphatic carbocycles. The van der Waals surface area contributed by atoms with Crippen LogP contribution in [0.1, 0.15) is 20.3 Å². The molecule has 1 aromatic carbocycles. The number of anilines is 3. The molecule has 0 radical (unpaired) electrons. The molecule has 1 atom stereocenters. The number of pyridine rings is 1. The molecule has 3 aromatic rings. The van der Waals surface area contributed by atoms with Crippen molar-refractivity contribution in [3.63, 3.8) is 0 Å². The minimum atomic E-state index is -0.361. The molecule has 2 N–H and O–H groups in total. The topological polar surface area (TPSA) is 62.7 Å². The zero-order valence-corrected chi connectivity index (χ0v) is 16.1. The third-order valence-electron chi connectivity index (χ3n) is 3.88. The second-order valence-electron chi connectivity index (χ2n) is 5.90. The quantitative estimate of drug-likeness (QED) is 0.564. The lowest BCUT2D eigenvalue weighted by molar-refractivity contribution is 0.631. The fourth-order valence-electron chi connectivity index (χ4n) is 2.30. The zero-order chi connectivity index (χ0) is 18.5. The highest BCUT2D eigenvalue weighted by Gasteiger charge is 2.11. The van der Waals surface area contributed by atoms with Gasteiger partial charge in [0, 0.05) is 34.5 Å². The van der Waals surface area contributed by atoms with E-state index in [-0.39, 0.29) is 11.9 Å². The minimum absolute atomic E-state index is 0.222. The smallest absolute Gasteiger partial charge is 0.225 e. The number of benzene rings is 1. The first kappa shape index (κ1) is 18.3. The average molecular weight is 416 g/mol. The van der Waals surface area contributed by atoms with E-state index >= 15 is 0 Å². The standard InChI is InChI=1S/C19H19BrFN5/c1-3-12(2)23-19-25-17(13-6-8-22-9-7-13)11-18(26-19)24-16-5-4-14(20)10-15(16)21/h4-12H,3H2,1-2H3,(H2,23,24,25,26)/t12-/m1/s1. The minimum Gasteiger partial charge on any atom is -0.352 e. The fourth-order valence-corrected chi connectivity index (χ4v) is 2.63. The predicted molar refractivity (Wildman–Crippen MR) is 106 cm³/mol. The molecule has 0 unspecified atom stereocenters. The molecule has 134 valence electrons. The summed E-state index contributed by atoms with van der Waals surface area (Å²) in [6.07, 6.45) is 4.36. The number of hydrogen-bond acceptors (Lipinski definition) is 5. The van der Waals surface area contributed by atoms with E-state index in [0.29, 0.717) is 21.9 Å². The van der Waals surface area contributed by atoms with Crippen molar-refractivity contribution in [1.82, 2.24) is 15.0 Å². The van der Waals surface area contributed by atoms with Crippen LogP contribution in [0.15, 0.2) is 53.3 Å². The van der Waals surface area contributed by atoms with Gasteiger partial charge in [0.2, 0.25) is 5.95 Å². The SMILES string of the molecule is CC[C@@H](C)Nc1nc(Nc2ccc(Br)cc2F)cc(-c2ccncc2)n1. The number of halogens is 2. The van der Waals surface area contributed by atoms with Gasteiger partial charge in [-0.3, -0.25) is 4.98 Å². The molecule has 26 heavy (non-hydrogen) atoms. The van der Waals surface area contributed by atoms with Crippen molar-refractivity contribution in [3.05, 3.63) is 59.1 Å². The van der Waals surface area contributed by atoms with Gasteiger partial charge in [-0.2, -0.15) is 4.98 Å². The molecule has 0 saturated carbocycles. The van der Waals surface area contributed by atoms with E-state index < -0.39 is 0 Å². The van der Waals surface area contributed by atoms with E-state index in [9.17, 15) is 4.39 Å². The van der Waals surface area contributed by atoms with E-state index in [1.807, 2.05) is 12.1 Å². The van der Waals surface area contributed by atoms with Gasteiger partial charge in [-0.1, -0.05) is 22.9 Å². The van der Waals surface area contributed by atoms with Gasteiger partial charge in [-0.25, -0.2) is 9.37 Å². The highest BCUT2D eigenvalue weighted by Crippen LogP contribution is 2.26. The Labute approximate surface area is 160 Å². The Balaban J connectivity index is 1.98. The second-order valence-corrected chi connectivity index (χ2v) is 6.82. The van der Waals surface area contributed by atoms with Crippen LogP contribution in [-0.4, -0.2) is 21.0 Å². The molecule has 0 amide bonds. The van der Waals surface area contributed by atoms with Gasteiger partial charge < -0.3 is 10.6 Å². The van der Waals surface area contributed by atoms with E-state index in [0.717, 1.165) is 17.7 Å². The van der Waals surface area contributed by atoms with Gasteiger partial charge >= 0.3 is 0 Å². The molecule has 0 bridgehead atoms. The molecule has 7 heteroatoms. The van der Waals surface area contributed by atoms with Gasteiger partial charge in [-0.15, -0.1) is 0 Å². The third kappa shape index (κ3) is 4.54. The number of nitrogens with one attached hydrogen (secondary N) is 2.